The molecule has 5 nitrogen and oxygen atoms in total. The van der Waals surface area contributed by atoms with Crippen molar-refractivity contribution >= 4 is 11.7 Å². The molecule has 3 rings (SSSR count). The SMILES string of the molecule is CCOC(=O)CCc1ccc(OCc2ccc3c(c2)N(CCOC)CCC3)cc1F. The molecule has 1 aliphatic rings. The van der Waals surface area contributed by atoms with Gasteiger partial charge >= 0.3 is 5.97 Å². The lowest BCUT2D eigenvalue weighted by atomic mass is 9.99. The van der Waals surface area contributed by atoms with Gasteiger partial charge in [-0.25, -0.2) is 4.39 Å². The fraction of sp³-hybridized carbons (Fsp3) is 0.458. The Bertz CT molecular complexity index is 855. The maximum atomic E-state index is 14.4. The molecule has 0 saturated carbocycles. The number of methoxy groups -OCH3 is 1. The smallest absolute Gasteiger partial charge is 0.306 e. The van der Waals surface area contributed by atoms with Gasteiger partial charge in [-0.15, -0.1) is 0 Å². The number of hydrogen-bond acceptors (Lipinski definition) is 5. The second-order valence-corrected chi connectivity index (χ2v) is 7.39. The van der Waals surface area contributed by atoms with E-state index in [1.54, 1.807) is 26.2 Å². The molecule has 2 aromatic carbocycles. The van der Waals surface area contributed by atoms with Gasteiger partial charge in [0.1, 0.15) is 18.2 Å². The van der Waals surface area contributed by atoms with Crippen LogP contribution in [0.25, 0.3) is 0 Å². The van der Waals surface area contributed by atoms with Crippen LogP contribution in [0.5, 0.6) is 5.75 Å². The molecular formula is C24H30FNO4. The number of halogens is 1. The van der Waals surface area contributed by atoms with E-state index < -0.39 is 0 Å². The number of carbonyl (C=O) groups is 1. The lowest BCUT2D eigenvalue weighted by Crippen LogP contribution is -2.32. The van der Waals surface area contributed by atoms with Crippen molar-refractivity contribution in [3.05, 3.63) is 58.9 Å². The van der Waals surface area contributed by atoms with E-state index in [-0.39, 0.29) is 18.2 Å². The normalized spacial score (nSPS) is 13.1. The average Bonchev–Trinajstić information content (AvgIpc) is 2.75. The molecule has 30 heavy (non-hydrogen) atoms. The third-order valence-electron chi connectivity index (χ3n) is 5.26. The number of nitrogens with zero attached hydrogens (tertiary/aromatic N) is 1. The third-order valence-corrected chi connectivity index (χ3v) is 5.26. The summed E-state index contributed by atoms with van der Waals surface area (Å²) in [5, 5.41) is 0. The molecule has 0 fully saturated rings. The summed E-state index contributed by atoms with van der Waals surface area (Å²) in [5.74, 6) is -0.210. The second-order valence-electron chi connectivity index (χ2n) is 7.39. The second kappa shape index (κ2) is 11.0. The Labute approximate surface area is 177 Å². The van der Waals surface area contributed by atoms with Gasteiger partial charge in [0.05, 0.1) is 13.2 Å². The topological polar surface area (TPSA) is 48.0 Å². The van der Waals surface area contributed by atoms with Crippen molar-refractivity contribution in [2.45, 2.75) is 39.2 Å². The first-order valence-corrected chi connectivity index (χ1v) is 10.5. The predicted octanol–water partition coefficient (Wildman–Crippen LogP) is 4.30. The number of carbonyl (C=O) groups excluding carboxylic acids is 1. The highest BCUT2D eigenvalue weighted by Crippen LogP contribution is 2.29. The monoisotopic (exact) mass is 415 g/mol. The molecule has 0 aromatic heterocycles. The number of ether oxygens (including phenoxy) is 3. The molecule has 0 bridgehead atoms. The largest absolute Gasteiger partial charge is 0.489 e. The fourth-order valence-corrected chi connectivity index (χ4v) is 3.68. The maximum Gasteiger partial charge on any atom is 0.306 e. The van der Waals surface area contributed by atoms with Gasteiger partial charge in [-0.1, -0.05) is 18.2 Å². The molecule has 6 heteroatoms. The molecule has 0 unspecified atom stereocenters. The summed E-state index contributed by atoms with van der Waals surface area (Å²) in [4.78, 5) is 13.8. The van der Waals surface area contributed by atoms with E-state index in [9.17, 15) is 9.18 Å². The molecule has 0 radical (unpaired) electrons. The Morgan fingerprint density at radius 3 is 2.83 bits per heavy atom. The first kappa shape index (κ1) is 22.1. The summed E-state index contributed by atoms with van der Waals surface area (Å²) in [6, 6.07) is 11.2. The minimum atomic E-state index is -0.368. The van der Waals surface area contributed by atoms with Gasteiger partial charge in [-0.3, -0.25) is 4.79 Å². The van der Waals surface area contributed by atoms with E-state index >= 15 is 0 Å². The highest BCUT2D eigenvalue weighted by Gasteiger charge is 2.17. The zero-order chi connectivity index (χ0) is 21.3. The summed E-state index contributed by atoms with van der Waals surface area (Å²) < 4.78 is 30.3. The number of benzene rings is 2. The predicted molar refractivity (Wildman–Crippen MR) is 115 cm³/mol. The molecule has 0 amide bonds. The van der Waals surface area contributed by atoms with Gasteiger partial charge < -0.3 is 19.1 Å². The summed E-state index contributed by atoms with van der Waals surface area (Å²) in [6.07, 6.45) is 2.71. The van der Waals surface area contributed by atoms with E-state index in [4.69, 9.17) is 14.2 Å². The Morgan fingerprint density at radius 2 is 2.07 bits per heavy atom. The molecule has 2 aromatic rings. The van der Waals surface area contributed by atoms with Crippen molar-refractivity contribution in [2.75, 3.05) is 38.3 Å². The molecule has 162 valence electrons. The molecular weight excluding hydrogens is 385 g/mol. The van der Waals surface area contributed by atoms with E-state index in [0.717, 1.165) is 31.5 Å². The van der Waals surface area contributed by atoms with Crippen LogP contribution in [0, 0.1) is 5.82 Å². The summed E-state index contributed by atoms with van der Waals surface area (Å²) in [6.45, 7) is 5.05. The molecule has 0 saturated heterocycles. The van der Waals surface area contributed by atoms with Crippen LogP contribution in [0.3, 0.4) is 0 Å². The average molecular weight is 416 g/mol. The first-order valence-electron chi connectivity index (χ1n) is 10.5. The Kier molecular flexibility index (Phi) is 8.08. The van der Waals surface area contributed by atoms with Crippen LogP contribution in [0.4, 0.5) is 10.1 Å². The van der Waals surface area contributed by atoms with Crippen molar-refractivity contribution in [3.63, 3.8) is 0 Å². The van der Waals surface area contributed by atoms with E-state index in [2.05, 4.69) is 23.1 Å². The first-order chi connectivity index (χ1) is 14.6. The van der Waals surface area contributed by atoms with Crippen LogP contribution < -0.4 is 9.64 Å². The minimum absolute atomic E-state index is 0.166. The summed E-state index contributed by atoms with van der Waals surface area (Å²) >= 11 is 0. The molecule has 0 spiro atoms. The van der Waals surface area contributed by atoms with Gasteiger partial charge in [0.2, 0.25) is 0 Å². The Balaban J connectivity index is 1.60. The van der Waals surface area contributed by atoms with Gasteiger partial charge in [-0.2, -0.15) is 0 Å². The minimum Gasteiger partial charge on any atom is -0.489 e. The quantitative estimate of drug-likeness (QED) is 0.542. The van der Waals surface area contributed by atoms with Gasteiger partial charge in [0.25, 0.3) is 0 Å². The van der Waals surface area contributed by atoms with Crippen molar-refractivity contribution in [1.29, 1.82) is 0 Å². The number of anilines is 1. The highest BCUT2D eigenvalue weighted by atomic mass is 19.1. The van der Waals surface area contributed by atoms with Crippen LogP contribution in [0.15, 0.2) is 36.4 Å². The summed E-state index contributed by atoms with van der Waals surface area (Å²) in [7, 11) is 1.72. The zero-order valence-electron chi connectivity index (χ0n) is 17.8. The zero-order valence-corrected chi connectivity index (χ0v) is 17.8. The molecule has 0 atom stereocenters. The van der Waals surface area contributed by atoms with Crippen molar-refractivity contribution < 1.29 is 23.4 Å². The van der Waals surface area contributed by atoms with Crippen LogP contribution in [-0.4, -0.2) is 39.4 Å². The van der Waals surface area contributed by atoms with E-state index in [1.807, 2.05) is 0 Å². The maximum absolute atomic E-state index is 14.4. The molecule has 0 aliphatic carbocycles. The Hall–Kier alpha value is -2.60. The molecule has 1 aliphatic heterocycles. The van der Waals surface area contributed by atoms with Gasteiger partial charge in [0.15, 0.2) is 0 Å². The van der Waals surface area contributed by atoms with Gasteiger partial charge in [0, 0.05) is 38.4 Å². The van der Waals surface area contributed by atoms with Gasteiger partial charge in [-0.05, 0) is 55.0 Å². The van der Waals surface area contributed by atoms with Crippen LogP contribution in [-0.2, 0) is 33.7 Å². The highest BCUT2D eigenvalue weighted by molar-refractivity contribution is 5.69. The molecule has 1 heterocycles. The lowest BCUT2D eigenvalue weighted by molar-refractivity contribution is -0.143. The standard InChI is InChI=1S/C24H30FNO4/c1-3-29-24(27)11-9-19-8-10-21(16-22(19)25)30-17-18-6-7-20-5-4-12-26(13-14-28-2)23(20)15-18/h6-8,10,15-16H,3-5,9,11-14,17H2,1-2H3. The number of rotatable bonds is 10. The van der Waals surface area contributed by atoms with Crippen molar-refractivity contribution in [2.24, 2.45) is 0 Å². The van der Waals surface area contributed by atoms with E-state index in [0.29, 0.717) is 37.6 Å². The van der Waals surface area contributed by atoms with Crippen LogP contribution in [0.1, 0.15) is 36.5 Å². The number of esters is 1. The Morgan fingerprint density at radius 1 is 1.20 bits per heavy atom. The van der Waals surface area contributed by atoms with Crippen LogP contribution >= 0.6 is 0 Å². The number of hydrogen-bond donors (Lipinski definition) is 0. The number of fused-ring (bicyclic) bond motifs is 1. The van der Waals surface area contributed by atoms with E-state index in [1.165, 1.54) is 17.3 Å². The number of aryl methyl sites for hydroxylation is 2. The van der Waals surface area contributed by atoms with Crippen molar-refractivity contribution in [3.8, 4) is 5.75 Å². The van der Waals surface area contributed by atoms with Crippen LogP contribution in [0.2, 0.25) is 0 Å². The third kappa shape index (κ3) is 5.95. The fourth-order valence-electron chi connectivity index (χ4n) is 3.68. The lowest BCUT2D eigenvalue weighted by Gasteiger charge is -2.31. The molecule has 0 N–H and O–H groups in total. The summed E-state index contributed by atoms with van der Waals surface area (Å²) in [5.41, 5.74) is 4.11. The van der Waals surface area contributed by atoms with Crippen molar-refractivity contribution in [1.82, 2.24) is 0 Å².